The molecular formula is C8H5Cl3NO. The van der Waals surface area contributed by atoms with Gasteiger partial charge in [-0.05, 0) is 17.7 Å². The van der Waals surface area contributed by atoms with Crippen molar-refractivity contribution in [3.8, 4) is 0 Å². The van der Waals surface area contributed by atoms with Crippen molar-refractivity contribution in [2.75, 3.05) is 0 Å². The fraction of sp³-hybridized carbons (Fsp3) is 0.125. The van der Waals surface area contributed by atoms with Crippen molar-refractivity contribution in [2.24, 2.45) is 0 Å². The van der Waals surface area contributed by atoms with Crippen LogP contribution in [0.1, 0.15) is 5.56 Å². The van der Waals surface area contributed by atoms with Crippen molar-refractivity contribution < 1.29 is 4.79 Å². The Kier molecular flexibility index (Phi) is 3.42. The molecular weight excluding hydrogens is 232 g/mol. The van der Waals surface area contributed by atoms with Gasteiger partial charge in [0.15, 0.2) is 0 Å². The minimum Gasteiger partial charge on any atom is -0.273 e. The van der Waals surface area contributed by atoms with Crippen LogP contribution in [0.4, 0.5) is 0 Å². The van der Waals surface area contributed by atoms with Crippen LogP contribution in [0.15, 0.2) is 12.1 Å². The normalized spacial score (nSPS) is 10.1. The highest BCUT2D eigenvalue weighted by Crippen LogP contribution is 2.31. The van der Waals surface area contributed by atoms with E-state index >= 15 is 0 Å². The van der Waals surface area contributed by atoms with Gasteiger partial charge in [-0.15, -0.1) is 0 Å². The van der Waals surface area contributed by atoms with Gasteiger partial charge in [-0.2, -0.15) is 0 Å². The highest BCUT2D eigenvalue weighted by Gasteiger charge is 2.07. The van der Waals surface area contributed by atoms with Gasteiger partial charge >= 0.3 is 0 Å². The largest absolute Gasteiger partial charge is 0.273 e. The summed E-state index contributed by atoms with van der Waals surface area (Å²) in [7, 11) is 0. The molecule has 2 nitrogen and oxygen atoms in total. The third-order valence-electron chi connectivity index (χ3n) is 1.41. The molecule has 0 aliphatic rings. The van der Waals surface area contributed by atoms with Crippen LogP contribution in [0.3, 0.4) is 0 Å². The Morgan fingerprint density at radius 1 is 1.23 bits per heavy atom. The second-order valence-electron chi connectivity index (χ2n) is 2.47. The van der Waals surface area contributed by atoms with E-state index in [2.05, 4.69) is 0 Å². The molecule has 5 heteroatoms. The van der Waals surface area contributed by atoms with Gasteiger partial charge in [0.05, 0.1) is 21.5 Å². The maximum Gasteiger partial charge on any atom is 0.242 e. The molecule has 0 fully saturated rings. The van der Waals surface area contributed by atoms with Gasteiger partial charge in [0.25, 0.3) is 0 Å². The number of nitrogens with one attached hydrogen (secondary N) is 1. The van der Waals surface area contributed by atoms with Gasteiger partial charge in [-0.25, -0.2) is 0 Å². The Balaban J connectivity index is 3.06. The number of hydrogen-bond acceptors (Lipinski definition) is 1. The second-order valence-corrected chi connectivity index (χ2v) is 3.67. The molecule has 1 rings (SSSR count). The number of rotatable bonds is 2. The summed E-state index contributed by atoms with van der Waals surface area (Å²) in [6, 6.07) is 3.06. The molecule has 1 aromatic rings. The Hall–Kier alpha value is -0.440. The molecule has 13 heavy (non-hydrogen) atoms. The van der Waals surface area contributed by atoms with Crippen molar-refractivity contribution in [1.82, 2.24) is 5.73 Å². The van der Waals surface area contributed by atoms with E-state index in [9.17, 15) is 4.79 Å². The van der Waals surface area contributed by atoms with Gasteiger partial charge < -0.3 is 0 Å². The lowest BCUT2D eigenvalue weighted by atomic mass is 10.1. The molecule has 1 aromatic carbocycles. The molecule has 0 aromatic heterocycles. The number of halogens is 3. The maximum atomic E-state index is 10.5. The average molecular weight is 237 g/mol. The van der Waals surface area contributed by atoms with Crippen LogP contribution in [0.5, 0.6) is 0 Å². The van der Waals surface area contributed by atoms with E-state index in [4.69, 9.17) is 40.5 Å². The summed E-state index contributed by atoms with van der Waals surface area (Å²) < 4.78 is 0. The molecule has 0 bridgehead atoms. The zero-order valence-corrected chi connectivity index (χ0v) is 8.67. The third-order valence-corrected chi connectivity index (χ3v) is 2.61. The predicted octanol–water partition coefficient (Wildman–Crippen LogP) is 3.00. The number of carbonyl (C=O) groups is 1. The van der Waals surface area contributed by atoms with Crippen LogP contribution in [0, 0.1) is 0 Å². The summed E-state index contributed by atoms with van der Waals surface area (Å²) in [4.78, 5) is 10.5. The summed E-state index contributed by atoms with van der Waals surface area (Å²) >= 11 is 17.1. The lowest BCUT2D eigenvalue weighted by Crippen LogP contribution is -2.02. The summed E-state index contributed by atoms with van der Waals surface area (Å²) in [6.45, 7) is 0. The standard InChI is InChI=1S/C8H5Cl3NO/c9-5-1-4(3-7(12)13)2-6(10)8(5)11/h1-2,12H,3H2. The molecule has 0 heterocycles. The van der Waals surface area contributed by atoms with Crippen molar-refractivity contribution in [3.63, 3.8) is 0 Å². The zero-order valence-electron chi connectivity index (χ0n) is 6.40. The summed E-state index contributed by atoms with van der Waals surface area (Å²) in [5.74, 6) is -0.686. The fourth-order valence-electron chi connectivity index (χ4n) is 0.895. The van der Waals surface area contributed by atoms with Crippen LogP contribution in [-0.2, 0) is 11.2 Å². The Morgan fingerprint density at radius 2 is 1.69 bits per heavy atom. The van der Waals surface area contributed by atoms with E-state index < -0.39 is 5.91 Å². The molecule has 0 aliphatic heterocycles. The number of amides is 1. The van der Waals surface area contributed by atoms with Gasteiger partial charge in [-0.3, -0.25) is 10.5 Å². The summed E-state index contributed by atoms with van der Waals surface area (Å²) in [6.07, 6.45) is -0.00336. The van der Waals surface area contributed by atoms with E-state index in [1.54, 1.807) is 0 Å². The van der Waals surface area contributed by atoms with Crippen LogP contribution in [0.2, 0.25) is 15.1 Å². The first-order chi connectivity index (χ1) is 6.00. The van der Waals surface area contributed by atoms with Crippen LogP contribution in [-0.4, -0.2) is 5.91 Å². The van der Waals surface area contributed by atoms with Gasteiger partial charge in [0.1, 0.15) is 0 Å². The molecule has 0 aliphatic carbocycles. The maximum absolute atomic E-state index is 10.5. The molecule has 1 amide bonds. The average Bonchev–Trinajstić information content (AvgIpc) is 1.98. The zero-order chi connectivity index (χ0) is 10.0. The molecule has 0 unspecified atom stereocenters. The fourth-order valence-corrected chi connectivity index (χ4v) is 1.54. The summed E-state index contributed by atoms with van der Waals surface area (Å²) in [5.41, 5.74) is 7.35. The van der Waals surface area contributed by atoms with Gasteiger partial charge in [0.2, 0.25) is 5.91 Å². The van der Waals surface area contributed by atoms with Gasteiger partial charge in [0, 0.05) is 0 Å². The smallest absolute Gasteiger partial charge is 0.242 e. The molecule has 0 atom stereocenters. The monoisotopic (exact) mass is 236 g/mol. The van der Waals surface area contributed by atoms with E-state index in [1.165, 1.54) is 12.1 Å². The van der Waals surface area contributed by atoms with Crippen LogP contribution < -0.4 is 5.73 Å². The Bertz CT molecular complexity index is 328. The number of carbonyl (C=O) groups excluding carboxylic acids is 1. The van der Waals surface area contributed by atoms with Crippen LogP contribution >= 0.6 is 34.8 Å². The van der Waals surface area contributed by atoms with E-state index in [0.717, 1.165) is 0 Å². The van der Waals surface area contributed by atoms with Crippen molar-refractivity contribution in [1.29, 1.82) is 0 Å². The first-order valence-corrected chi connectivity index (χ1v) is 4.52. The van der Waals surface area contributed by atoms with Crippen molar-refractivity contribution in [3.05, 3.63) is 32.8 Å². The minimum atomic E-state index is -0.686. The molecule has 69 valence electrons. The first kappa shape index (κ1) is 10.6. The van der Waals surface area contributed by atoms with Crippen molar-refractivity contribution in [2.45, 2.75) is 6.42 Å². The topological polar surface area (TPSA) is 40.9 Å². The SMILES string of the molecule is [NH]C(=O)Cc1cc(Cl)c(Cl)c(Cl)c1. The number of benzene rings is 1. The van der Waals surface area contributed by atoms with Crippen molar-refractivity contribution >= 4 is 40.7 Å². The number of hydrogen-bond donors (Lipinski definition) is 0. The van der Waals surface area contributed by atoms with Gasteiger partial charge in [-0.1, -0.05) is 34.8 Å². The van der Waals surface area contributed by atoms with E-state index in [1.807, 2.05) is 0 Å². The predicted molar refractivity (Wildman–Crippen MR) is 53.3 cm³/mol. The quantitative estimate of drug-likeness (QED) is 0.729. The Morgan fingerprint density at radius 3 is 2.08 bits per heavy atom. The molecule has 1 radical (unpaired) electrons. The Labute approximate surface area is 90.6 Å². The van der Waals surface area contributed by atoms with E-state index in [-0.39, 0.29) is 11.4 Å². The highest BCUT2D eigenvalue weighted by molar-refractivity contribution is 6.48. The van der Waals surface area contributed by atoms with Crippen LogP contribution in [0.25, 0.3) is 0 Å². The third kappa shape index (κ3) is 2.76. The molecule has 0 saturated heterocycles. The second kappa shape index (κ2) is 4.18. The minimum absolute atomic E-state index is 0.00336. The lowest BCUT2D eigenvalue weighted by Gasteiger charge is -2.02. The highest BCUT2D eigenvalue weighted by atomic mass is 35.5. The lowest BCUT2D eigenvalue weighted by molar-refractivity contribution is -0.118. The molecule has 1 N–H and O–H groups in total. The molecule has 0 saturated carbocycles. The molecule has 0 spiro atoms. The first-order valence-electron chi connectivity index (χ1n) is 3.38. The van der Waals surface area contributed by atoms with E-state index in [0.29, 0.717) is 15.6 Å². The summed E-state index contributed by atoms with van der Waals surface area (Å²) in [5, 5.41) is 0.861.